The third kappa shape index (κ3) is 5.44. The summed E-state index contributed by atoms with van der Waals surface area (Å²) in [6.07, 6.45) is 0.840. The number of amides is 2. The summed E-state index contributed by atoms with van der Waals surface area (Å²) in [5.74, 6) is 1.46. The van der Waals surface area contributed by atoms with Crippen LogP contribution in [0.1, 0.15) is 20.3 Å². The molecule has 0 bridgehead atoms. The minimum atomic E-state index is -0.202. The highest BCUT2D eigenvalue weighted by molar-refractivity contribution is 5.73. The summed E-state index contributed by atoms with van der Waals surface area (Å²) in [5.41, 5.74) is 0. The molecular weight excluding hydrogens is 284 g/mol. The first-order valence-corrected chi connectivity index (χ1v) is 7.67. The second kappa shape index (κ2) is 8.48. The lowest BCUT2D eigenvalue weighted by Crippen LogP contribution is -2.44. The van der Waals surface area contributed by atoms with E-state index < -0.39 is 0 Å². The normalized spacial score (nSPS) is 16.4. The van der Waals surface area contributed by atoms with Gasteiger partial charge in [0.1, 0.15) is 6.61 Å². The molecule has 1 heterocycles. The Labute approximate surface area is 131 Å². The Morgan fingerprint density at radius 3 is 2.86 bits per heavy atom. The standard InChI is InChI=1S/C16H24N2O4/c1-12(2)20-9-5-8-17-16(19)18-10-13-11-21-14-6-3-4-7-15(14)22-13/h3-4,6-7,12-13H,5,8-11H2,1-2H3,(H2,17,18,19)/t13-/m0/s1. The van der Waals surface area contributed by atoms with Gasteiger partial charge in [-0.05, 0) is 32.4 Å². The molecule has 1 aromatic carbocycles. The molecular formula is C16H24N2O4. The fourth-order valence-corrected chi connectivity index (χ4v) is 2.03. The van der Waals surface area contributed by atoms with Crippen LogP contribution in [0, 0.1) is 0 Å². The fraction of sp³-hybridized carbons (Fsp3) is 0.562. The highest BCUT2D eigenvalue weighted by Gasteiger charge is 2.20. The third-order valence-corrected chi connectivity index (χ3v) is 3.12. The molecule has 0 saturated heterocycles. The van der Waals surface area contributed by atoms with Crippen LogP contribution in [-0.2, 0) is 4.74 Å². The minimum Gasteiger partial charge on any atom is -0.486 e. The molecule has 0 unspecified atom stereocenters. The first kappa shape index (κ1) is 16.4. The van der Waals surface area contributed by atoms with E-state index in [2.05, 4.69) is 10.6 Å². The number of fused-ring (bicyclic) bond motifs is 1. The Morgan fingerprint density at radius 1 is 1.32 bits per heavy atom. The summed E-state index contributed by atoms with van der Waals surface area (Å²) < 4.78 is 16.8. The van der Waals surface area contributed by atoms with Crippen LogP contribution in [0.2, 0.25) is 0 Å². The van der Waals surface area contributed by atoms with Crippen LogP contribution in [0.25, 0.3) is 0 Å². The molecule has 1 atom stereocenters. The van der Waals surface area contributed by atoms with Gasteiger partial charge in [0.25, 0.3) is 0 Å². The molecule has 1 aromatic rings. The number of rotatable bonds is 7. The van der Waals surface area contributed by atoms with Gasteiger partial charge in [0, 0.05) is 13.2 Å². The molecule has 6 heteroatoms. The van der Waals surface area contributed by atoms with Crippen LogP contribution in [0.3, 0.4) is 0 Å². The van der Waals surface area contributed by atoms with Crippen LogP contribution in [0.5, 0.6) is 11.5 Å². The van der Waals surface area contributed by atoms with Crippen molar-refractivity contribution in [2.24, 2.45) is 0 Å². The number of benzene rings is 1. The SMILES string of the molecule is CC(C)OCCCNC(=O)NC[C@H]1COc2ccccc2O1. The van der Waals surface area contributed by atoms with Crippen LogP contribution in [0.15, 0.2) is 24.3 Å². The summed E-state index contributed by atoms with van der Waals surface area (Å²) in [4.78, 5) is 11.7. The number of hydrogen-bond acceptors (Lipinski definition) is 4. The molecule has 1 aliphatic rings. The largest absolute Gasteiger partial charge is 0.486 e. The molecule has 0 spiro atoms. The topological polar surface area (TPSA) is 68.8 Å². The lowest BCUT2D eigenvalue weighted by atomic mass is 10.2. The molecule has 0 saturated carbocycles. The smallest absolute Gasteiger partial charge is 0.314 e. The molecule has 22 heavy (non-hydrogen) atoms. The first-order valence-electron chi connectivity index (χ1n) is 7.67. The van der Waals surface area contributed by atoms with E-state index >= 15 is 0 Å². The zero-order valence-electron chi connectivity index (χ0n) is 13.1. The Hall–Kier alpha value is -1.95. The van der Waals surface area contributed by atoms with Gasteiger partial charge in [0.2, 0.25) is 0 Å². The maximum absolute atomic E-state index is 11.7. The van der Waals surface area contributed by atoms with Crippen molar-refractivity contribution in [3.8, 4) is 11.5 Å². The van der Waals surface area contributed by atoms with E-state index in [0.29, 0.717) is 32.1 Å². The minimum absolute atomic E-state index is 0.176. The van der Waals surface area contributed by atoms with Crippen LogP contribution in [-0.4, -0.2) is 44.5 Å². The molecule has 0 fully saturated rings. The summed E-state index contributed by atoms with van der Waals surface area (Å²) in [6.45, 7) is 6.05. The van der Waals surface area contributed by atoms with Gasteiger partial charge in [-0.2, -0.15) is 0 Å². The summed E-state index contributed by atoms with van der Waals surface area (Å²) in [5, 5.41) is 5.58. The van der Waals surface area contributed by atoms with E-state index in [4.69, 9.17) is 14.2 Å². The van der Waals surface area contributed by atoms with Gasteiger partial charge in [-0.3, -0.25) is 0 Å². The fourth-order valence-electron chi connectivity index (χ4n) is 2.03. The van der Waals surface area contributed by atoms with Crippen molar-refractivity contribution < 1.29 is 19.0 Å². The zero-order valence-corrected chi connectivity index (χ0v) is 13.1. The quantitative estimate of drug-likeness (QED) is 0.755. The highest BCUT2D eigenvalue weighted by atomic mass is 16.6. The first-order chi connectivity index (χ1) is 10.6. The molecule has 2 N–H and O–H groups in total. The van der Waals surface area contributed by atoms with Crippen molar-refractivity contribution in [3.63, 3.8) is 0 Å². The molecule has 6 nitrogen and oxygen atoms in total. The molecule has 1 aliphatic heterocycles. The van der Waals surface area contributed by atoms with E-state index in [1.165, 1.54) is 0 Å². The van der Waals surface area contributed by atoms with E-state index in [1.54, 1.807) is 0 Å². The van der Waals surface area contributed by atoms with Crippen molar-refractivity contribution in [3.05, 3.63) is 24.3 Å². The number of hydrogen-bond donors (Lipinski definition) is 2. The van der Waals surface area contributed by atoms with Gasteiger partial charge < -0.3 is 24.8 Å². The van der Waals surface area contributed by atoms with E-state index in [-0.39, 0.29) is 18.2 Å². The highest BCUT2D eigenvalue weighted by Crippen LogP contribution is 2.30. The average Bonchev–Trinajstić information content (AvgIpc) is 2.52. The maximum atomic E-state index is 11.7. The third-order valence-electron chi connectivity index (χ3n) is 3.12. The Morgan fingerprint density at radius 2 is 2.09 bits per heavy atom. The Bertz CT molecular complexity index is 479. The second-order valence-corrected chi connectivity index (χ2v) is 5.41. The predicted molar refractivity (Wildman–Crippen MR) is 83.5 cm³/mol. The van der Waals surface area contributed by atoms with Crippen LogP contribution >= 0.6 is 0 Å². The van der Waals surface area contributed by atoms with Crippen molar-refractivity contribution in [1.29, 1.82) is 0 Å². The van der Waals surface area contributed by atoms with Crippen molar-refractivity contribution >= 4 is 6.03 Å². The molecule has 122 valence electrons. The second-order valence-electron chi connectivity index (χ2n) is 5.41. The van der Waals surface area contributed by atoms with Gasteiger partial charge in [0.05, 0.1) is 12.6 Å². The van der Waals surface area contributed by atoms with Gasteiger partial charge >= 0.3 is 6.03 Å². The predicted octanol–water partition coefficient (Wildman–Crippen LogP) is 1.94. The lowest BCUT2D eigenvalue weighted by Gasteiger charge is -2.26. The summed E-state index contributed by atoms with van der Waals surface area (Å²) >= 11 is 0. The lowest BCUT2D eigenvalue weighted by molar-refractivity contribution is 0.0772. The Kier molecular flexibility index (Phi) is 6.33. The van der Waals surface area contributed by atoms with Crippen molar-refractivity contribution in [1.82, 2.24) is 10.6 Å². The van der Waals surface area contributed by atoms with E-state index in [0.717, 1.165) is 12.2 Å². The van der Waals surface area contributed by atoms with Crippen LogP contribution in [0.4, 0.5) is 4.79 Å². The Balaban J connectivity index is 1.59. The summed E-state index contributed by atoms with van der Waals surface area (Å²) in [6, 6.07) is 7.31. The number of ether oxygens (including phenoxy) is 3. The number of carbonyl (C=O) groups is 1. The van der Waals surface area contributed by atoms with Crippen molar-refractivity contribution in [2.45, 2.75) is 32.5 Å². The molecule has 0 aromatic heterocycles. The molecule has 2 amide bonds. The number of urea groups is 1. The van der Waals surface area contributed by atoms with Crippen LogP contribution < -0.4 is 20.1 Å². The van der Waals surface area contributed by atoms with Gasteiger partial charge in [-0.1, -0.05) is 12.1 Å². The molecule has 2 rings (SSSR count). The number of carbonyl (C=O) groups excluding carboxylic acids is 1. The van der Waals surface area contributed by atoms with Crippen molar-refractivity contribution in [2.75, 3.05) is 26.3 Å². The van der Waals surface area contributed by atoms with E-state index in [9.17, 15) is 4.79 Å². The van der Waals surface area contributed by atoms with Gasteiger partial charge in [-0.15, -0.1) is 0 Å². The number of para-hydroxylation sites is 2. The van der Waals surface area contributed by atoms with Gasteiger partial charge in [0.15, 0.2) is 17.6 Å². The maximum Gasteiger partial charge on any atom is 0.314 e. The monoisotopic (exact) mass is 308 g/mol. The van der Waals surface area contributed by atoms with E-state index in [1.807, 2.05) is 38.1 Å². The zero-order chi connectivity index (χ0) is 15.8. The number of nitrogens with one attached hydrogen (secondary N) is 2. The molecule has 0 aliphatic carbocycles. The summed E-state index contributed by atoms with van der Waals surface area (Å²) in [7, 11) is 0. The average molecular weight is 308 g/mol. The molecule has 0 radical (unpaired) electrons. The van der Waals surface area contributed by atoms with Gasteiger partial charge in [-0.25, -0.2) is 4.79 Å².